The minimum atomic E-state index is -0.342. The molecular formula is C14H10FN3O. The van der Waals surface area contributed by atoms with Crippen LogP contribution in [0.15, 0.2) is 53.8 Å². The van der Waals surface area contributed by atoms with Crippen LogP contribution in [-0.2, 0) is 0 Å². The first-order valence-electron chi connectivity index (χ1n) is 5.70. The summed E-state index contributed by atoms with van der Waals surface area (Å²) in [6, 6.07) is 11.9. The summed E-state index contributed by atoms with van der Waals surface area (Å²) < 4.78 is 15.6. The molecule has 2 aromatic heterocycles. The maximum atomic E-state index is 13.9. The number of fused-ring (bicyclic) bond motifs is 1. The van der Waals surface area contributed by atoms with Crippen molar-refractivity contribution >= 4 is 11.7 Å². The summed E-state index contributed by atoms with van der Waals surface area (Å²) in [6.07, 6.45) is 3.03. The van der Waals surface area contributed by atoms with E-state index in [1.807, 2.05) is 18.2 Å². The molecule has 0 saturated carbocycles. The normalized spacial score (nSPS) is 11.4. The number of pyridine rings is 1. The molecule has 0 fully saturated rings. The first kappa shape index (κ1) is 11.4. The third-order valence-electron chi connectivity index (χ3n) is 2.87. The Morgan fingerprint density at radius 2 is 1.95 bits per heavy atom. The highest BCUT2D eigenvalue weighted by atomic mass is 19.1. The van der Waals surface area contributed by atoms with Crippen LogP contribution in [0.25, 0.3) is 16.9 Å². The monoisotopic (exact) mass is 255 g/mol. The van der Waals surface area contributed by atoms with E-state index >= 15 is 0 Å². The maximum absolute atomic E-state index is 13.9. The van der Waals surface area contributed by atoms with Gasteiger partial charge < -0.3 is 5.21 Å². The minimum Gasteiger partial charge on any atom is -0.411 e. The van der Waals surface area contributed by atoms with E-state index in [0.717, 1.165) is 5.52 Å². The molecule has 3 aromatic rings. The quantitative estimate of drug-likeness (QED) is 0.435. The molecule has 0 aliphatic rings. The van der Waals surface area contributed by atoms with Gasteiger partial charge in [0, 0.05) is 6.20 Å². The molecule has 5 heteroatoms. The first-order chi connectivity index (χ1) is 9.31. The second kappa shape index (κ2) is 4.53. The van der Waals surface area contributed by atoms with Crippen LogP contribution in [-0.4, -0.2) is 20.8 Å². The van der Waals surface area contributed by atoms with E-state index in [1.54, 1.807) is 28.8 Å². The Bertz CT molecular complexity index is 764. The fraction of sp³-hybridized carbons (Fsp3) is 0. The molecule has 0 aliphatic carbocycles. The van der Waals surface area contributed by atoms with Crippen LogP contribution in [0.1, 0.15) is 5.69 Å². The highest BCUT2D eigenvalue weighted by molar-refractivity contribution is 5.88. The van der Waals surface area contributed by atoms with E-state index in [2.05, 4.69) is 10.1 Å². The van der Waals surface area contributed by atoms with Crippen molar-refractivity contribution in [2.24, 2.45) is 5.16 Å². The number of rotatable bonds is 2. The average molecular weight is 255 g/mol. The molecule has 2 heterocycles. The molecule has 0 amide bonds. The van der Waals surface area contributed by atoms with Gasteiger partial charge in [-0.2, -0.15) is 0 Å². The molecule has 0 saturated heterocycles. The number of aromatic nitrogens is 2. The average Bonchev–Trinajstić information content (AvgIpc) is 2.79. The lowest BCUT2D eigenvalue weighted by atomic mass is 10.2. The molecule has 0 unspecified atom stereocenters. The summed E-state index contributed by atoms with van der Waals surface area (Å²) in [7, 11) is 0. The predicted molar refractivity (Wildman–Crippen MR) is 70.0 cm³/mol. The summed E-state index contributed by atoms with van der Waals surface area (Å²) in [5.74, 6) is 0.134. The molecule has 4 nitrogen and oxygen atoms in total. The van der Waals surface area contributed by atoms with Crippen LogP contribution < -0.4 is 0 Å². The van der Waals surface area contributed by atoms with Crippen LogP contribution in [0.3, 0.4) is 0 Å². The zero-order chi connectivity index (χ0) is 13.2. The molecule has 19 heavy (non-hydrogen) atoms. The van der Waals surface area contributed by atoms with Gasteiger partial charge in [-0.25, -0.2) is 9.37 Å². The van der Waals surface area contributed by atoms with E-state index in [9.17, 15) is 4.39 Å². The van der Waals surface area contributed by atoms with Crippen molar-refractivity contribution in [2.75, 3.05) is 0 Å². The van der Waals surface area contributed by atoms with Gasteiger partial charge in [0.2, 0.25) is 0 Å². The van der Waals surface area contributed by atoms with Crippen LogP contribution in [0.2, 0.25) is 0 Å². The van der Waals surface area contributed by atoms with Crippen LogP contribution in [0.5, 0.6) is 0 Å². The fourth-order valence-electron chi connectivity index (χ4n) is 2.04. The summed E-state index contributed by atoms with van der Waals surface area (Å²) >= 11 is 0. The number of hydrogen-bond acceptors (Lipinski definition) is 3. The van der Waals surface area contributed by atoms with Gasteiger partial charge in [0.05, 0.1) is 17.3 Å². The third kappa shape index (κ3) is 1.85. The number of halogens is 1. The standard InChI is InChI=1S/C14H10FN3O/c15-11-6-2-1-5-10(11)14-17-12(9-16-19)13-7-3-4-8-18(13)14/h1-9,19H/b16-9+. The van der Waals surface area contributed by atoms with Crippen molar-refractivity contribution in [3.63, 3.8) is 0 Å². The van der Waals surface area contributed by atoms with E-state index in [1.165, 1.54) is 12.3 Å². The SMILES string of the molecule is O/N=C/c1nc(-c2ccccc2F)n2ccccc12. The number of imidazole rings is 1. The van der Waals surface area contributed by atoms with E-state index in [-0.39, 0.29) is 5.82 Å². The topological polar surface area (TPSA) is 49.9 Å². The van der Waals surface area contributed by atoms with Crippen molar-refractivity contribution < 1.29 is 9.60 Å². The second-order valence-corrected chi connectivity index (χ2v) is 4.00. The molecule has 0 spiro atoms. The lowest BCUT2D eigenvalue weighted by molar-refractivity contribution is 0.322. The smallest absolute Gasteiger partial charge is 0.148 e. The van der Waals surface area contributed by atoms with Gasteiger partial charge >= 0.3 is 0 Å². The Morgan fingerprint density at radius 1 is 1.16 bits per heavy atom. The largest absolute Gasteiger partial charge is 0.411 e. The van der Waals surface area contributed by atoms with Gasteiger partial charge in [0.25, 0.3) is 0 Å². The van der Waals surface area contributed by atoms with Gasteiger partial charge in [0.1, 0.15) is 17.3 Å². The lowest BCUT2D eigenvalue weighted by Crippen LogP contribution is -1.91. The molecule has 0 aliphatic heterocycles. The zero-order valence-corrected chi connectivity index (χ0v) is 9.86. The van der Waals surface area contributed by atoms with Crippen molar-refractivity contribution in [3.8, 4) is 11.4 Å². The summed E-state index contributed by atoms with van der Waals surface area (Å²) in [5, 5.41) is 11.7. The number of nitrogens with zero attached hydrogens (tertiary/aromatic N) is 3. The van der Waals surface area contributed by atoms with E-state index in [0.29, 0.717) is 17.1 Å². The molecule has 0 radical (unpaired) electrons. The Kier molecular flexibility index (Phi) is 2.72. The van der Waals surface area contributed by atoms with E-state index < -0.39 is 0 Å². The Hall–Kier alpha value is -2.69. The van der Waals surface area contributed by atoms with Gasteiger partial charge in [0.15, 0.2) is 0 Å². The molecular weight excluding hydrogens is 245 g/mol. The van der Waals surface area contributed by atoms with Crippen LogP contribution >= 0.6 is 0 Å². The molecule has 94 valence electrons. The Morgan fingerprint density at radius 3 is 2.74 bits per heavy atom. The second-order valence-electron chi connectivity index (χ2n) is 4.00. The third-order valence-corrected chi connectivity index (χ3v) is 2.87. The molecule has 1 aromatic carbocycles. The molecule has 1 N–H and O–H groups in total. The van der Waals surface area contributed by atoms with Gasteiger partial charge in [-0.1, -0.05) is 23.4 Å². The van der Waals surface area contributed by atoms with E-state index in [4.69, 9.17) is 5.21 Å². The summed E-state index contributed by atoms with van der Waals surface area (Å²) in [4.78, 5) is 4.32. The highest BCUT2D eigenvalue weighted by Gasteiger charge is 2.13. The molecule has 0 atom stereocenters. The summed E-state index contributed by atoms with van der Waals surface area (Å²) in [5.41, 5.74) is 1.64. The van der Waals surface area contributed by atoms with Crippen LogP contribution in [0, 0.1) is 5.82 Å². The lowest BCUT2D eigenvalue weighted by Gasteiger charge is -2.01. The van der Waals surface area contributed by atoms with Gasteiger partial charge in [-0.05, 0) is 24.3 Å². The Labute approximate surface area is 108 Å². The Balaban J connectivity index is 2.33. The van der Waals surface area contributed by atoms with Gasteiger partial charge in [-0.15, -0.1) is 0 Å². The summed E-state index contributed by atoms with van der Waals surface area (Å²) in [6.45, 7) is 0. The zero-order valence-electron chi connectivity index (χ0n) is 9.86. The number of oxime groups is 1. The predicted octanol–water partition coefficient (Wildman–Crippen LogP) is 2.95. The van der Waals surface area contributed by atoms with Crippen molar-refractivity contribution in [2.45, 2.75) is 0 Å². The fourth-order valence-corrected chi connectivity index (χ4v) is 2.04. The van der Waals surface area contributed by atoms with Gasteiger partial charge in [-0.3, -0.25) is 4.40 Å². The molecule has 0 bridgehead atoms. The minimum absolute atomic E-state index is 0.342. The van der Waals surface area contributed by atoms with Crippen molar-refractivity contribution in [3.05, 3.63) is 60.2 Å². The van der Waals surface area contributed by atoms with Crippen molar-refractivity contribution in [1.82, 2.24) is 9.38 Å². The maximum Gasteiger partial charge on any atom is 0.148 e. The number of hydrogen-bond donors (Lipinski definition) is 1. The van der Waals surface area contributed by atoms with Crippen molar-refractivity contribution in [1.29, 1.82) is 0 Å². The molecule has 3 rings (SSSR count). The van der Waals surface area contributed by atoms with Crippen LogP contribution in [0.4, 0.5) is 4.39 Å². The first-order valence-corrected chi connectivity index (χ1v) is 5.70. The number of benzene rings is 1. The highest BCUT2D eigenvalue weighted by Crippen LogP contribution is 2.24.